The van der Waals surface area contributed by atoms with Crippen molar-refractivity contribution in [2.24, 2.45) is 0 Å². The van der Waals surface area contributed by atoms with Gasteiger partial charge in [0.15, 0.2) is 6.10 Å². The summed E-state index contributed by atoms with van der Waals surface area (Å²) in [7, 11) is -3.61. The van der Waals surface area contributed by atoms with Crippen molar-refractivity contribution in [3.8, 4) is 5.75 Å². The van der Waals surface area contributed by atoms with Gasteiger partial charge in [-0.05, 0) is 55.8 Å². The number of sulfonamides is 1. The third-order valence-corrected chi connectivity index (χ3v) is 6.60. The van der Waals surface area contributed by atoms with Crippen molar-refractivity contribution in [2.45, 2.75) is 38.7 Å². The number of halogens is 1. The predicted octanol–water partition coefficient (Wildman–Crippen LogP) is 4.08. The van der Waals surface area contributed by atoms with Gasteiger partial charge in [-0.3, -0.25) is 4.79 Å². The van der Waals surface area contributed by atoms with Gasteiger partial charge in [0.25, 0.3) is 5.91 Å². The molecule has 0 saturated heterocycles. The van der Waals surface area contributed by atoms with Crippen molar-refractivity contribution in [1.82, 2.24) is 4.31 Å². The highest BCUT2D eigenvalue weighted by Gasteiger charge is 2.23. The van der Waals surface area contributed by atoms with Crippen LogP contribution in [0.5, 0.6) is 5.75 Å². The number of aryl methyl sites for hydroxylation is 1. The SMILES string of the molecule is CCN(CC)S(=O)(=O)c1ccc(C)c(NC(=O)C(C)Oc2ccc(Cl)cc2)c1. The molecule has 0 saturated carbocycles. The van der Waals surface area contributed by atoms with E-state index < -0.39 is 16.1 Å². The standard InChI is InChI=1S/C20H25ClN2O4S/c1-5-23(6-2)28(25,26)18-12-7-14(3)19(13-18)22-20(24)15(4)27-17-10-8-16(21)9-11-17/h7-13,15H,5-6H2,1-4H3,(H,22,24). The number of hydrogen-bond acceptors (Lipinski definition) is 4. The maximum absolute atomic E-state index is 12.7. The molecule has 0 aliphatic heterocycles. The number of rotatable bonds is 8. The molecular weight excluding hydrogens is 400 g/mol. The fourth-order valence-corrected chi connectivity index (χ4v) is 4.22. The van der Waals surface area contributed by atoms with Crippen molar-refractivity contribution < 1.29 is 17.9 Å². The number of benzene rings is 2. The van der Waals surface area contributed by atoms with Crippen molar-refractivity contribution in [1.29, 1.82) is 0 Å². The number of amides is 1. The van der Waals surface area contributed by atoms with Gasteiger partial charge in [0, 0.05) is 23.8 Å². The van der Waals surface area contributed by atoms with E-state index in [1.807, 2.05) is 0 Å². The summed E-state index contributed by atoms with van der Waals surface area (Å²) < 4.78 is 32.4. The van der Waals surface area contributed by atoms with Crippen LogP contribution in [0.3, 0.4) is 0 Å². The molecule has 0 spiro atoms. The molecule has 0 radical (unpaired) electrons. The second-order valence-electron chi connectivity index (χ2n) is 6.27. The molecule has 1 unspecified atom stereocenters. The topological polar surface area (TPSA) is 75.7 Å². The summed E-state index contributed by atoms with van der Waals surface area (Å²) in [4.78, 5) is 12.7. The Bertz CT molecular complexity index is 926. The molecule has 0 fully saturated rings. The van der Waals surface area contributed by atoms with E-state index in [2.05, 4.69) is 5.32 Å². The highest BCUT2D eigenvalue weighted by Crippen LogP contribution is 2.24. The van der Waals surface area contributed by atoms with Gasteiger partial charge in [0.2, 0.25) is 10.0 Å². The van der Waals surface area contributed by atoms with Crippen LogP contribution in [0.2, 0.25) is 5.02 Å². The van der Waals surface area contributed by atoms with Gasteiger partial charge in [-0.1, -0.05) is 31.5 Å². The summed E-state index contributed by atoms with van der Waals surface area (Å²) in [5.41, 5.74) is 1.19. The van der Waals surface area contributed by atoms with Crippen LogP contribution in [0.25, 0.3) is 0 Å². The lowest BCUT2D eigenvalue weighted by molar-refractivity contribution is -0.122. The predicted molar refractivity (Wildman–Crippen MR) is 111 cm³/mol. The van der Waals surface area contributed by atoms with Gasteiger partial charge in [0.05, 0.1) is 4.90 Å². The molecule has 0 aliphatic rings. The van der Waals surface area contributed by atoms with E-state index in [0.717, 1.165) is 5.56 Å². The van der Waals surface area contributed by atoms with Gasteiger partial charge in [0.1, 0.15) is 5.75 Å². The monoisotopic (exact) mass is 424 g/mol. The highest BCUT2D eigenvalue weighted by molar-refractivity contribution is 7.89. The molecule has 2 aromatic carbocycles. The number of hydrogen-bond donors (Lipinski definition) is 1. The first-order valence-electron chi connectivity index (χ1n) is 9.03. The molecule has 0 heterocycles. The first kappa shape index (κ1) is 22.2. The van der Waals surface area contributed by atoms with E-state index >= 15 is 0 Å². The minimum Gasteiger partial charge on any atom is -0.481 e. The Hall–Kier alpha value is -2.09. The lowest BCUT2D eigenvalue weighted by Gasteiger charge is -2.20. The van der Waals surface area contributed by atoms with E-state index in [0.29, 0.717) is 29.5 Å². The fraction of sp³-hybridized carbons (Fsp3) is 0.350. The smallest absolute Gasteiger partial charge is 0.265 e. The Kier molecular flexibility index (Phi) is 7.46. The first-order valence-corrected chi connectivity index (χ1v) is 10.8. The lowest BCUT2D eigenvalue weighted by atomic mass is 10.2. The largest absolute Gasteiger partial charge is 0.481 e. The molecule has 28 heavy (non-hydrogen) atoms. The third kappa shape index (κ3) is 5.25. The van der Waals surface area contributed by atoms with Gasteiger partial charge in [-0.25, -0.2) is 8.42 Å². The zero-order chi connectivity index (χ0) is 20.9. The van der Waals surface area contributed by atoms with Crippen molar-refractivity contribution in [2.75, 3.05) is 18.4 Å². The zero-order valence-electron chi connectivity index (χ0n) is 16.4. The van der Waals surface area contributed by atoms with Gasteiger partial charge in [-0.2, -0.15) is 4.31 Å². The normalized spacial score (nSPS) is 12.6. The van der Waals surface area contributed by atoms with Crippen LogP contribution in [0.4, 0.5) is 5.69 Å². The molecule has 1 atom stereocenters. The van der Waals surface area contributed by atoms with Crippen LogP contribution in [0.1, 0.15) is 26.3 Å². The van der Waals surface area contributed by atoms with E-state index in [4.69, 9.17) is 16.3 Å². The molecule has 0 bridgehead atoms. The van der Waals surface area contributed by atoms with Crippen molar-refractivity contribution in [3.05, 3.63) is 53.1 Å². The minimum atomic E-state index is -3.61. The Morgan fingerprint density at radius 2 is 1.75 bits per heavy atom. The van der Waals surface area contributed by atoms with Crippen LogP contribution in [-0.2, 0) is 14.8 Å². The molecule has 2 aromatic rings. The zero-order valence-corrected chi connectivity index (χ0v) is 18.0. The van der Waals surface area contributed by atoms with Crippen molar-refractivity contribution >= 4 is 33.2 Å². The second kappa shape index (κ2) is 9.41. The van der Waals surface area contributed by atoms with E-state index in [-0.39, 0.29) is 10.8 Å². The Morgan fingerprint density at radius 3 is 2.32 bits per heavy atom. The second-order valence-corrected chi connectivity index (χ2v) is 8.64. The molecule has 8 heteroatoms. The molecular formula is C20H25ClN2O4S. The molecule has 0 aliphatic carbocycles. The summed E-state index contributed by atoms with van der Waals surface area (Å²) in [6.45, 7) is 7.74. The van der Waals surface area contributed by atoms with Gasteiger partial charge < -0.3 is 10.1 Å². The number of carbonyl (C=O) groups excluding carboxylic acids is 1. The minimum absolute atomic E-state index is 0.142. The fourth-order valence-electron chi connectivity index (χ4n) is 2.61. The molecule has 2 rings (SSSR count). The van der Waals surface area contributed by atoms with Crippen LogP contribution in [-0.4, -0.2) is 37.8 Å². The van der Waals surface area contributed by atoms with Gasteiger partial charge >= 0.3 is 0 Å². The lowest BCUT2D eigenvalue weighted by Crippen LogP contribution is -2.31. The average molecular weight is 425 g/mol. The number of ether oxygens (including phenoxy) is 1. The van der Waals surface area contributed by atoms with Gasteiger partial charge in [-0.15, -0.1) is 0 Å². The Labute approximate surface area is 171 Å². The highest BCUT2D eigenvalue weighted by atomic mass is 35.5. The summed E-state index contributed by atoms with van der Waals surface area (Å²) >= 11 is 5.84. The summed E-state index contributed by atoms with van der Waals surface area (Å²) in [6.07, 6.45) is -0.774. The summed E-state index contributed by atoms with van der Waals surface area (Å²) in [5, 5.41) is 3.33. The van der Waals surface area contributed by atoms with Crippen LogP contribution < -0.4 is 10.1 Å². The van der Waals surface area contributed by atoms with E-state index in [1.165, 1.54) is 10.4 Å². The maximum Gasteiger partial charge on any atom is 0.265 e. The maximum atomic E-state index is 12.7. The Balaban J connectivity index is 2.18. The van der Waals surface area contributed by atoms with E-state index in [9.17, 15) is 13.2 Å². The molecule has 1 amide bonds. The third-order valence-electron chi connectivity index (χ3n) is 4.31. The van der Waals surface area contributed by atoms with Crippen LogP contribution in [0, 0.1) is 6.92 Å². The number of carbonyl (C=O) groups is 1. The summed E-state index contributed by atoms with van der Waals surface area (Å²) in [5.74, 6) is 0.136. The molecule has 0 aromatic heterocycles. The first-order chi connectivity index (χ1) is 13.2. The summed E-state index contributed by atoms with van der Waals surface area (Å²) in [6, 6.07) is 11.4. The van der Waals surface area contributed by atoms with Crippen molar-refractivity contribution in [3.63, 3.8) is 0 Å². The Morgan fingerprint density at radius 1 is 1.14 bits per heavy atom. The number of nitrogens with zero attached hydrogens (tertiary/aromatic N) is 1. The average Bonchev–Trinajstić information content (AvgIpc) is 2.65. The molecule has 152 valence electrons. The number of nitrogens with one attached hydrogen (secondary N) is 1. The quantitative estimate of drug-likeness (QED) is 0.692. The number of anilines is 1. The van der Waals surface area contributed by atoms with Crippen LogP contribution >= 0.6 is 11.6 Å². The molecule has 6 nitrogen and oxygen atoms in total. The van der Waals surface area contributed by atoms with E-state index in [1.54, 1.807) is 64.1 Å². The van der Waals surface area contributed by atoms with Crippen LogP contribution in [0.15, 0.2) is 47.4 Å². The molecule has 1 N–H and O–H groups in total.